The van der Waals surface area contributed by atoms with Crippen molar-refractivity contribution in [2.24, 2.45) is 10.9 Å². The number of para-hydroxylation sites is 1. The number of hydrogen-bond acceptors (Lipinski definition) is 4. The van der Waals surface area contributed by atoms with Gasteiger partial charge < -0.3 is 20.4 Å². The van der Waals surface area contributed by atoms with Gasteiger partial charge in [0.05, 0.1) is 0 Å². The van der Waals surface area contributed by atoms with E-state index in [9.17, 15) is 0 Å². The van der Waals surface area contributed by atoms with Crippen LogP contribution in [-0.2, 0) is 4.84 Å². The van der Waals surface area contributed by atoms with Crippen LogP contribution in [0.3, 0.4) is 0 Å². The summed E-state index contributed by atoms with van der Waals surface area (Å²) in [5.74, 6) is 0.998. The fourth-order valence-corrected chi connectivity index (χ4v) is 0.958. The Bertz CT molecular complexity index is 314. The molecule has 0 aliphatic heterocycles. The zero-order valence-corrected chi connectivity index (χ0v) is 9.00. The number of hydrogen-bond donors (Lipinski definition) is 2. The molecule has 0 amide bonds. The van der Waals surface area contributed by atoms with E-state index in [1.807, 2.05) is 30.3 Å². The Balaban J connectivity index is 2.21. The molecule has 0 spiro atoms. The molecule has 0 radical (unpaired) electrons. The normalized spacial score (nSPS) is 11.2. The summed E-state index contributed by atoms with van der Waals surface area (Å²) in [5.41, 5.74) is 5.54. The van der Waals surface area contributed by atoms with Crippen molar-refractivity contribution in [2.75, 3.05) is 19.8 Å². The number of ether oxygens (including phenoxy) is 1. The predicted molar refractivity (Wildman–Crippen MR) is 61.2 cm³/mol. The van der Waals surface area contributed by atoms with Crippen LogP contribution in [0, 0.1) is 0 Å². The molecule has 0 bridgehead atoms. The van der Waals surface area contributed by atoms with Crippen LogP contribution in [0.5, 0.6) is 5.75 Å². The van der Waals surface area contributed by atoms with Gasteiger partial charge in [-0.05, 0) is 12.1 Å². The number of benzene rings is 1. The van der Waals surface area contributed by atoms with Crippen LogP contribution in [0.2, 0.25) is 0 Å². The molecule has 1 aromatic carbocycles. The summed E-state index contributed by atoms with van der Waals surface area (Å²) in [6.07, 6.45) is 0.538. The van der Waals surface area contributed by atoms with Gasteiger partial charge in [-0.3, -0.25) is 0 Å². The molecule has 0 aliphatic carbocycles. The summed E-state index contributed by atoms with van der Waals surface area (Å²) in [5, 5.41) is 12.1. The second kappa shape index (κ2) is 7.53. The molecule has 88 valence electrons. The SMILES string of the molecule is N/C(COc1ccccc1)=N/OCCCO. The number of amidine groups is 1. The molecule has 16 heavy (non-hydrogen) atoms. The number of aliphatic hydroxyl groups is 1. The molecular weight excluding hydrogens is 208 g/mol. The van der Waals surface area contributed by atoms with E-state index in [1.165, 1.54) is 0 Å². The van der Waals surface area contributed by atoms with Gasteiger partial charge in [-0.25, -0.2) is 0 Å². The average Bonchev–Trinajstić information content (AvgIpc) is 2.33. The molecule has 0 unspecified atom stereocenters. The number of oxime groups is 1. The summed E-state index contributed by atoms with van der Waals surface area (Å²) in [4.78, 5) is 4.85. The molecular formula is C11H16N2O3. The van der Waals surface area contributed by atoms with Crippen LogP contribution in [-0.4, -0.2) is 30.8 Å². The Kier molecular flexibility index (Phi) is 5.80. The third kappa shape index (κ3) is 5.21. The lowest BCUT2D eigenvalue weighted by atomic mass is 10.3. The standard InChI is InChI=1S/C11H16N2O3/c12-11(13-16-8-4-7-14)9-15-10-5-2-1-3-6-10/h1-3,5-6,14H,4,7-9H2,(H2,12,13). The molecule has 1 rings (SSSR count). The summed E-state index contributed by atoms with van der Waals surface area (Å²) in [7, 11) is 0. The van der Waals surface area contributed by atoms with Crippen molar-refractivity contribution >= 4 is 5.84 Å². The quantitative estimate of drug-likeness (QED) is 0.310. The number of nitrogens with two attached hydrogens (primary N) is 1. The van der Waals surface area contributed by atoms with Crippen molar-refractivity contribution in [1.82, 2.24) is 0 Å². The molecule has 0 atom stereocenters. The van der Waals surface area contributed by atoms with E-state index >= 15 is 0 Å². The maximum absolute atomic E-state index is 8.50. The topological polar surface area (TPSA) is 77.1 Å². The van der Waals surface area contributed by atoms with Gasteiger partial charge in [-0.1, -0.05) is 23.4 Å². The Labute approximate surface area is 94.5 Å². The molecule has 0 saturated carbocycles. The molecule has 0 aromatic heterocycles. The first-order valence-electron chi connectivity index (χ1n) is 5.06. The minimum absolute atomic E-state index is 0.0793. The van der Waals surface area contributed by atoms with Crippen LogP contribution in [0.25, 0.3) is 0 Å². The van der Waals surface area contributed by atoms with E-state index in [4.69, 9.17) is 20.4 Å². The molecule has 0 saturated heterocycles. The molecule has 0 aliphatic rings. The second-order valence-corrected chi connectivity index (χ2v) is 3.09. The number of rotatable bonds is 7. The van der Waals surface area contributed by atoms with Crippen LogP contribution >= 0.6 is 0 Å². The van der Waals surface area contributed by atoms with Gasteiger partial charge in [0, 0.05) is 13.0 Å². The van der Waals surface area contributed by atoms with E-state index < -0.39 is 0 Å². The number of nitrogens with zero attached hydrogens (tertiary/aromatic N) is 1. The zero-order valence-electron chi connectivity index (χ0n) is 9.00. The van der Waals surface area contributed by atoms with Crippen LogP contribution in [0.4, 0.5) is 0 Å². The highest BCUT2D eigenvalue weighted by molar-refractivity contribution is 5.81. The van der Waals surface area contributed by atoms with Crippen molar-refractivity contribution < 1.29 is 14.7 Å². The summed E-state index contributed by atoms with van der Waals surface area (Å²) in [6, 6.07) is 9.32. The summed E-state index contributed by atoms with van der Waals surface area (Å²) < 4.78 is 5.34. The van der Waals surface area contributed by atoms with E-state index in [2.05, 4.69) is 5.16 Å². The molecule has 0 fully saturated rings. The highest BCUT2D eigenvalue weighted by Gasteiger charge is 1.95. The van der Waals surface area contributed by atoms with Gasteiger partial charge in [-0.2, -0.15) is 0 Å². The monoisotopic (exact) mass is 224 g/mol. The van der Waals surface area contributed by atoms with Gasteiger partial charge in [0.15, 0.2) is 5.84 Å². The summed E-state index contributed by atoms with van der Waals surface area (Å²) >= 11 is 0. The first kappa shape index (κ1) is 12.3. The minimum Gasteiger partial charge on any atom is -0.486 e. The second-order valence-electron chi connectivity index (χ2n) is 3.09. The molecule has 3 N–H and O–H groups in total. The lowest BCUT2D eigenvalue weighted by molar-refractivity contribution is 0.122. The third-order valence-corrected chi connectivity index (χ3v) is 1.71. The Morgan fingerprint density at radius 2 is 2.06 bits per heavy atom. The molecule has 5 nitrogen and oxygen atoms in total. The van der Waals surface area contributed by atoms with E-state index in [0.29, 0.717) is 13.0 Å². The van der Waals surface area contributed by atoms with Crippen molar-refractivity contribution in [2.45, 2.75) is 6.42 Å². The fraction of sp³-hybridized carbons (Fsp3) is 0.364. The Morgan fingerprint density at radius 1 is 1.31 bits per heavy atom. The minimum atomic E-state index is 0.0793. The van der Waals surface area contributed by atoms with E-state index in [0.717, 1.165) is 5.75 Å². The molecule has 0 heterocycles. The van der Waals surface area contributed by atoms with Crippen molar-refractivity contribution in [3.05, 3.63) is 30.3 Å². The van der Waals surface area contributed by atoms with Gasteiger partial charge >= 0.3 is 0 Å². The van der Waals surface area contributed by atoms with Crippen LogP contribution in [0.15, 0.2) is 35.5 Å². The zero-order chi connectivity index (χ0) is 11.6. The smallest absolute Gasteiger partial charge is 0.177 e. The first-order chi connectivity index (χ1) is 7.83. The maximum atomic E-state index is 8.50. The van der Waals surface area contributed by atoms with Gasteiger partial charge in [0.25, 0.3) is 0 Å². The van der Waals surface area contributed by atoms with E-state index in [-0.39, 0.29) is 19.0 Å². The van der Waals surface area contributed by atoms with Crippen LogP contribution in [0.1, 0.15) is 6.42 Å². The third-order valence-electron chi connectivity index (χ3n) is 1.71. The van der Waals surface area contributed by atoms with Gasteiger partial charge in [0.2, 0.25) is 0 Å². The summed E-state index contributed by atoms with van der Waals surface area (Å²) in [6.45, 7) is 0.613. The van der Waals surface area contributed by atoms with Gasteiger partial charge in [-0.15, -0.1) is 0 Å². The molecule has 5 heteroatoms. The lowest BCUT2D eigenvalue weighted by Gasteiger charge is -2.05. The average molecular weight is 224 g/mol. The van der Waals surface area contributed by atoms with E-state index in [1.54, 1.807) is 0 Å². The maximum Gasteiger partial charge on any atom is 0.177 e. The van der Waals surface area contributed by atoms with Crippen molar-refractivity contribution in [3.63, 3.8) is 0 Å². The predicted octanol–water partition coefficient (Wildman–Crippen LogP) is 0.737. The lowest BCUT2D eigenvalue weighted by Crippen LogP contribution is -2.21. The molecule has 1 aromatic rings. The Morgan fingerprint density at radius 3 is 2.75 bits per heavy atom. The fourth-order valence-electron chi connectivity index (χ4n) is 0.958. The number of aliphatic hydroxyl groups excluding tert-OH is 1. The first-order valence-corrected chi connectivity index (χ1v) is 5.06. The van der Waals surface area contributed by atoms with Gasteiger partial charge in [0.1, 0.15) is 19.0 Å². The van der Waals surface area contributed by atoms with Crippen molar-refractivity contribution in [3.8, 4) is 5.75 Å². The highest BCUT2D eigenvalue weighted by Crippen LogP contribution is 2.07. The van der Waals surface area contributed by atoms with Crippen LogP contribution < -0.4 is 10.5 Å². The Hall–Kier alpha value is -1.75. The van der Waals surface area contributed by atoms with Crippen molar-refractivity contribution in [1.29, 1.82) is 0 Å². The largest absolute Gasteiger partial charge is 0.486 e. The highest BCUT2D eigenvalue weighted by atomic mass is 16.6.